The van der Waals surface area contributed by atoms with Gasteiger partial charge in [0.1, 0.15) is 5.75 Å². The average Bonchev–Trinajstić information content (AvgIpc) is 2.87. The molecule has 5 nitrogen and oxygen atoms in total. The maximum atomic E-state index is 12.6. The standard InChI is InChI=1S/C27H21N3O2/c28-19-21-11-13-22(14-12-21)23-15-17-26(18-16-23)32-20-27(31)29-30(24-7-3-1-4-8-24)25-9-5-2-6-10-25/h1-18H,20H2,(H,29,31). The van der Waals surface area contributed by atoms with Crippen LogP contribution in [-0.4, -0.2) is 12.5 Å². The van der Waals surface area contributed by atoms with Crippen molar-refractivity contribution < 1.29 is 9.53 Å². The molecule has 4 aromatic carbocycles. The minimum Gasteiger partial charge on any atom is -0.484 e. The second kappa shape index (κ2) is 9.96. The predicted molar refractivity (Wildman–Crippen MR) is 125 cm³/mol. The fourth-order valence-electron chi connectivity index (χ4n) is 3.22. The minimum atomic E-state index is -0.270. The largest absolute Gasteiger partial charge is 0.484 e. The summed E-state index contributed by atoms with van der Waals surface area (Å²) in [5, 5.41) is 10.7. The molecule has 0 aliphatic heterocycles. The first kappa shape index (κ1) is 20.7. The third kappa shape index (κ3) is 5.13. The number of nitrogens with zero attached hydrogens (tertiary/aromatic N) is 2. The first-order valence-corrected chi connectivity index (χ1v) is 10.2. The van der Waals surface area contributed by atoms with E-state index in [1.165, 1.54) is 0 Å². The molecule has 32 heavy (non-hydrogen) atoms. The van der Waals surface area contributed by atoms with Crippen LogP contribution in [0.1, 0.15) is 5.56 Å². The highest BCUT2D eigenvalue weighted by Crippen LogP contribution is 2.24. The third-order valence-corrected chi connectivity index (χ3v) is 4.84. The van der Waals surface area contributed by atoms with Gasteiger partial charge < -0.3 is 4.74 Å². The van der Waals surface area contributed by atoms with Crippen LogP contribution in [0, 0.1) is 11.3 Å². The fourth-order valence-corrected chi connectivity index (χ4v) is 3.22. The van der Waals surface area contributed by atoms with Crippen molar-refractivity contribution in [3.8, 4) is 22.9 Å². The Morgan fingerprint density at radius 1 is 0.750 bits per heavy atom. The van der Waals surface area contributed by atoms with Crippen LogP contribution in [0.4, 0.5) is 11.4 Å². The number of para-hydroxylation sites is 2. The van der Waals surface area contributed by atoms with Crippen LogP contribution in [0.2, 0.25) is 0 Å². The summed E-state index contributed by atoms with van der Waals surface area (Å²) in [6.45, 7) is -0.119. The van der Waals surface area contributed by atoms with Crippen molar-refractivity contribution in [1.82, 2.24) is 5.43 Å². The van der Waals surface area contributed by atoms with Gasteiger partial charge in [0.25, 0.3) is 5.91 Å². The Balaban J connectivity index is 1.39. The maximum Gasteiger partial charge on any atom is 0.276 e. The zero-order valence-electron chi connectivity index (χ0n) is 17.3. The second-order valence-corrected chi connectivity index (χ2v) is 7.04. The number of nitriles is 1. The molecule has 0 spiro atoms. The molecule has 1 N–H and O–H groups in total. The fraction of sp³-hybridized carbons (Fsp3) is 0.0370. The van der Waals surface area contributed by atoms with E-state index in [1.807, 2.05) is 97.1 Å². The van der Waals surface area contributed by atoms with Gasteiger partial charge in [-0.15, -0.1) is 0 Å². The van der Waals surface area contributed by atoms with E-state index < -0.39 is 0 Å². The number of ether oxygens (including phenoxy) is 1. The Labute approximate surface area is 187 Å². The molecule has 5 heteroatoms. The lowest BCUT2D eigenvalue weighted by atomic mass is 10.0. The van der Waals surface area contributed by atoms with Crippen molar-refractivity contribution in [1.29, 1.82) is 5.26 Å². The highest BCUT2D eigenvalue weighted by atomic mass is 16.5. The van der Waals surface area contributed by atoms with Gasteiger partial charge in [-0.1, -0.05) is 60.7 Å². The summed E-state index contributed by atoms with van der Waals surface area (Å²) >= 11 is 0. The smallest absolute Gasteiger partial charge is 0.276 e. The number of anilines is 2. The Morgan fingerprint density at radius 2 is 1.25 bits per heavy atom. The summed E-state index contributed by atoms with van der Waals surface area (Å²) in [5.41, 5.74) is 7.24. The topological polar surface area (TPSA) is 65.4 Å². The normalized spacial score (nSPS) is 10.1. The molecule has 0 saturated heterocycles. The summed E-state index contributed by atoms with van der Waals surface area (Å²) in [5.74, 6) is 0.331. The van der Waals surface area contributed by atoms with Gasteiger partial charge in [0.15, 0.2) is 6.61 Å². The molecule has 0 bridgehead atoms. The zero-order valence-corrected chi connectivity index (χ0v) is 17.3. The molecular weight excluding hydrogens is 398 g/mol. The number of benzene rings is 4. The molecule has 0 atom stereocenters. The number of hydrogen-bond donors (Lipinski definition) is 1. The van der Waals surface area contributed by atoms with Gasteiger partial charge in [-0.25, -0.2) is 0 Å². The number of hydrazine groups is 1. The molecule has 4 rings (SSSR count). The summed E-state index contributed by atoms with van der Waals surface area (Å²) in [4.78, 5) is 12.6. The van der Waals surface area contributed by atoms with Crippen molar-refractivity contribution >= 4 is 17.3 Å². The molecule has 156 valence electrons. The van der Waals surface area contributed by atoms with Crippen molar-refractivity contribution in [3.05, 3.63) is 115 Å². The highest BCUT2D eigenvalue weighted by Gasteiger charge is 2.13. The highest BCUT2D eigenvalue weighted by molar-refractivity contribution is 5.82. The van der Waals surface area contributed by atoms with Crippen LogP contribution in [0.3, 0.4) is 0 Å². The number of rotatable bonds is 7. The van der Waals surface area contributed by atoms with Crippen molar-refractivity contribution in [2.75, 3.05) is 11.6 Å². The molecule has 0 aliphatic carbocycles. The summed E-state index contributed by atoms with van der Waals surface area (Å²) in [6.07, 6.45) is 0. The van der Waals surface area contributed by atoms with E-state index in [-0.39, 0.29) is 12.5 Å². The maximum absolute atomic E-state index is 12.6. The lowest BCUT2D eigenvalue weighted by Crippen LogP contribution is -2.41. The average molecular weight is 419 g/mol. The van der Waals surface area contributed by atoms with Gasteiger partial charge >= 0.3 is 0 Å². The van der Waals surface area contributed by atoms with Crippen LogP contribution < -0.4 is 15.2 Å². The summed E-state index contributed by atoms with van der Waals surface area (Å²) in [7, 11) is 0. The SMILES string of the molecule is N#Cc1ccc(-c2ccc(OCC(=O)NN(c3ccccc3)c3ccccc3)cc2)cc1. The van der Waals surface area contributed by atoms with Crippen molar-refractivity contribution in [2.24, 2.45) is 0 Å². The number of nitrogens with one attached hydrogen (secondary N) is 1. The molecule has 0 aromatic heterocycles. The van der Waals surface area contributed by atoms with Crippen LogP contribution >= 0.6 is 0 Å². The Bertz CT molecular complexity index is 1160. The van der Waals surface area contributed by atoms with Crippen molar-refractivity contribution in [2.45, 2.75) is 0 Å². The van der Waals surface area contributed by atoms with E-state index in [0.29, 0.717) is 11.3 Å². The summed E-state index contributed by atoms with van der Waals surface area (Å²) < 4.78 is 5.69. The van der Waals surface area contributed by atoms with Gasteiger partial charge in [-0.05, 0) is 59.7 Å². The van der Waals surface area contributed by atoms with Crippen LogP contribution in [0.15, 0.2) is 109 Å². The number of carbonyl (C=O) groups is 1. The van der Waals surface area contributed by atoms with Gasteiger partial charge in [-0.3, -0.25) is 15.2 Å². The quantitative estimate of drug-likeness (QED) is 0.403. The predicted octanol–water partition coefficient (Wildman–Crippen LogP) is 5.47. The Kier molecular flexibility index (Phi) is 6.45. The van der Waals surface area contributed by atoms with E-state index in [9.17, 15) is 4.79 Å². The van der Waals surface area contributed by atoms with E-state index in [2.05, 4.69) is 11.5 Å². The van der Waals surface area contributed by atoms with E-state index >= 15 is 0 Å². The first-order chi connectivity index (χ1) is 15.7. The molecule has 4 aromatic rings. The molecule has 0 saturated carbocycles. The Morgan fingerprint density at radius 3 is 1.75 bits per heavy atom. The number of hydrogen-bond acceptors (Lipinski definition) is 4. The van der Waals surface area contributed by atoms with Gasteiger partial charge in [-0.2, -0.15) is 5.26 Å². The summed E-state index contributed by atoms with van der Waals surface area (Å²) in [6, 6.07) is 36.3. The molecular formula is C27H21N3O2. The number of amides is 1. The lowest BCUT2D eigenvalue weighted by molar-refractivity contribution is -0.123. The van der Waals surface area contributed by atoms with Gasteiger partial charge in [0.05, 0.1) is 23.0 Å². The zero-order chi connectivity index (χ0) is 22.2. The molecule has 0 heterocycles. The Hall–Kier alpha value is -4.56. The van der Waals surface area contributed by atoms with E-state index in [1.54, 1.807) is 17.1 Å². The van der Waals surface area contributed by atoms with Gasteiger partial charge in [0.2, 0.25) is 0 Å². The molecule has 0 fully saturated rings. The lowest BCUT2D eigenvalue weighted by Gasteiger charge is -2.25. The molecule has 0 radical (unpaired) electrons. The minimum absolute atomic E-state index is 0.119. The molecule has 0 aliphatic rings. The van der Waals surface area contributed by atoms with Crippen LogP contribution in [0.5, 0.6) is 5.75 Å². The van der Waals surface area contributed by atoms with Crippen molar-refractivity contribution in [3.63, 3.8) is 0 Å². The van der Waals surface area contributed by atoms with Crippen LogP contribution in [0.25, 0.3) is 11.1 Å². The third-order valence-electron chi connectivity index (χ3n) is 4.84. The first-order valence-electron chi connectivity index (χ1n) is 10.2. The molecule has 0 unspecified atom stereocenters. The monoisotopic (exact) mass is 419 g/mol. The van der Waals surface area contributed by atoms with Gasteiger partial charge in [0, 0.05) is 0 Å². The van der Waals surface area contributed by atoms with E-state index in [0.717, 1.165) is 22.5 Å². The van der Waals surface area contributed by atoms with E-state index in [4.69, 9.17) is 10.00 Å². The second-order valence-electron chi connectivity index (χ2n) is 7.04. The molecule has 1 amide bonds. The number of carbonyl (C=O) groups excluding carboxylic acids is 1. The van der Waals surface area contributed by atoms with Crippen LogP contribution in [-0.2, 0) is 4.79 Å².